The van der Waals surface area contributed by atoms with Crippen LogP contribution in [0.3, 0.4) is 0 Å². The third kappa shape index (κ3) is 6.44. The minimum atomic E-state index is -1.01. The van der Waals surface area contributed by atoms with Crippen molar-refractivity contribution in [3.05, 3.63) is 0 Å². The van der Waals surface area contributed by atoms with Gasteiger partial charge in [-0.2, -0.15) is 0 Å². The normalized spacial score (nSPS) is 12.9. The highest BCUT2D eigenvalue weighted by Crippen LogP contribution is 2.01. The number of hydrogen-bond donors (Lipinski definition) is 3. The summed E-state index contributed by atoms with van der Waals surface area (Å²) in [6, 6.07) is -0.877. The van der Waals surface area contributed by atoms with Crippen LogP contribution < -0.4 is 10.6 Å². The van der Waals surface area contributed by atoms with Gasteiger partial charge in [0.1, 0.15) is 6.04 Å². The second kappa shape index (κ2) is 7.92. The number of carbonyl (C=O) groups excluding carboxylic acids is 1. The molecule has 0 aliphatic heterocycles. The van der Waals surface area contributed by atoms with E-state index < -0.39 is 18.0 Å². The summed E-state index contributed by atoms with van der Waals surface area (Å²) in [5.41, 5.74) is 0. The number of carbonyl (C=O) groups is 2. The zero-order valence-corrected chi connectivity index (χ0v) is 11.9. The van der Waals surface area contributed by atoms with Crippen LogP contribution in [0.15, 0.2) is 0 Å². The Morgan fingerprint density at radius 3 is 2.17 bits per heavy atom. The van der Waals surface area contributed by atoms with Crippen molar-refractivity contribution in [3.8, 4) is 0 Å². The zero-order valence-electron chi connectivity index (χ0n) is 11.9. The molecule has 6 nitrogen and oxygen atoms in total. The average molecular weight is 259 g/mol. The fourth-order valence-electron chi connectivity index (χ4n) is 1.31. The van der Waals surface area contributed by atoms with E-state index in [0.717, 1.165) is 6.54 Å². The number of nitrogens with zero attached hydrogens (tertiary/aromatic N) is 1. The van der Waals surface area contributed by atoms with Gasteiger partial charge in [0.05, 0.1) is 0 Å². The number of urea groups is 1. The number of rotatable bonds is 7. The second-order valence-electron chi connectivity index (χ2n) is 5.03. The highest BCUT2D eigenvalue weighted by molar-refractivity contribution is 5.82. The molecule has 0 aromatic rings. The number of aliphatic carboxylic acids is 1. The summed E-state index contributed by atoms with van der Waals surface area (Å²) in [4.78, 5) is 24.5. The summed E-state index contributed by atoms with van der Waals surface area (Å²) >= 11 is 0. The summed E-state index contributed by atoms with van der Waals surface area (Å²) in [6.07, 6.45) is 0. The van der Waals surface area contributed by atoms with Crippen molar-refractivity contribution in [1.29, 1.82) is 0 Å². The van der Waals surface area contributed by atoms with Gasteiger partial charge in [-0.3, -0.25) is 0 Å². The van der Waals surface area contributed by atoms with Crippen LogP contribution in [0, 0.1) is 5.92 Å². The van der Waals surface area contributed by atoms with Crippen molar-refractivity contribution in [1.82, 2.24) is 15.5 Å². The van der Waals surface area contributed by atoms with Crippen molar-refractivity contribution in [2.75, 3.05) is 20.1 Å². The minimum Gasteiger partial charge on any atom is -0.480 e. The van der Waals surface area contributed by atoms with Gasteiger partial charge < -0.3 is 20.6 Å². The van der Waals surface area contributed by atoms with Crippen molar-refractivity contribution < 1.29 is 14.7 Å². The summed E-state index contributed by atoms with van der Waals surface area (Å²) in [5.74, 6) is -1.16. The van der Waals surface area contributed by atoms with Crippen molar-refractivity contribution >= 4 is 12.0 Å². The molecule has 0 aromatic carbocycles. The molecule has 0 aliphatic rings. The van der Waals surface area contributed by atoms with Gasteiger partial charge in [-0.05, 0) is 26.8 Å². The monoisotopic (exact) mass is 259 g/mol. The lowest BCUT2D eigenvalue weighted by molar-refractivity contribution is -0.140. The standard InChI is InChI=1S/C12H25N3O3/c1-8(2)10(11(16)17)14-12(18)13-6-7-15(5)9(3)4/h8-10H,6-7H2,1-5H3,(H,16,17)(H2,13,14,18)/t10-/m1/s1. The van der Waals surface area contributed by atoms with Gasteiger partial charge in [0.2, 0.25) is 0 Å². The van der Waals surface area contributed by atoms with Crippen LogP contribution in [0.1, 0.15) is 27.7 Å². The number of nitrogens with one attached hydrogen (secondary N) is 2. The minimum absolute atomic E-state index is 0.147. The van der Waals surface area contributed by atoms with E-state index in [1.165, 1.54) is 0 Å². The van der Waals surface area contributed by atoms with Gasteiger partial charge in [0, 0.05) is 19.1 Å². The molecule has 0 unspecified atom stereocenters. The molecule has 1 atom stereocenters. The fourth-order valence-corrected chi connectivity index (χ4v) is 1.31. The highest BCUT2D eigenvalue weighted by Gasteiger charge is 2.23. The van der Waals surface area contributed by atoms with E-state index in [1.807, 2.05) is 7.05 Å². The first kappa shape index (κ1) is 16.7. The van der Waals surface area contributed by atoms with E-state index in [1.54, 1.807) is 13.8 Å². The summed E-state index contributed by atoms with van der Waals surface area (Å²) < 4.78 is 0. The molecule has 6 heteroatoms. The topological polar surface area (TPSA) is 81.7 Å². The van der Waals surface area contributed by atoms with Gasteiger partial charge in [0.25, 0.3) is 0 Å². The molecule has 0 fully saturated rings. The first-order chi connectivity index (χ1) is 8.25. The quantitative estimate of drug-likeness (QED) is 0.629. The Labute approximate surface area is 109 Å². The van der Waals surface area contributed by atoms with Crippen molar-refractivity contribution in [3.63, 3.8) is 0 Å². The lowest BCUT2D eigenvalue weighted by Crippen LogP contribution is -2.49. The Morgan fingerprint density at radius 1 is 1.22 bits per heavy atom. The van der Waals surface area contributed by atoms with E-state index in [9.17, 15) is 9.59 Å². The van der Waals surface area contributed by atoms with Crippen molar-refractivity contribution in [2.45, 2.75) is 39.8 Å². The number of amides is 2. The summed E-state index contributed by atoms with van der Waals surface area (Å²) in [6.45, 7) is 8.87. The molecule has 18 heavy (non-hydrogen) atoms. The van der Waals surface area contributed by atoms with Crippen LogP contribution in [-0.2, 0) is 4.79 Å². The fraction of sp³-hybridized carbons (Fsp3) is 0.833. The molecule has 2 amide bonds. The van der Waals surface area contributed by atoms with E-state index in [-0.39, 0.29) is 5.92 Å². The third-order valence-electron chi connectivity index (χ3n) is 2.85. The van der Waals surface area contributed by atoms with Crippen molar-refractivity contribution in [2.24, 2.45) is 5.92 Å². The average Bonchev–Trinajstić information content (AvgIpc) is 2.24. The molecular formula is C12H25N3O3. The van der Waals surface area contributed by atoms with E-state index in [2.05, 4.69) is 29.4 Å². The van der Waals surface area contributed by atoms with Gasteiger partial charge in [-0.25, -0.2) is 9.59 Å². The lowest BCUT2D eigenvalue weighted by Gasteiger charge is -2.22. The van der Waals surface area contributed by atoms with Gasteiger partial charge in [0.15, 0.2) is 0 Å². The Hall–Kier alpha value is -1.30. The molecule has 0 saturated carbocycles. The molecule has 0 spiro atoms. The molecule has 0 aromatic heterocycles. The van der Waals surface area contributed by atoms with E-state index in [4.69, 9.17) is 5.11 Å². The first-order valence-electron chi connectivity index (χ1n) is 6.23. The Morgan fingerprint density at radius 2 is 1.78 bits per heavy atom. The summed E-state index contributed by atoms with van der Waals surface area (Å²) in [5, 5.41) is 14.0. The molecule has 3 N–H and O–H groups in total. The number of carboxylic acid groups (broad SMARTS) is 1. The molecular weight excluding hydrogens is 234 g/mol. The van der Waals surface area contributed by atoms with Gasteiger partial charge >= 0.3 is 12.0 Å². The van der Waals surface area contributed by atoms with Crippen LogP contribution in [0.25, 0.3) is 0 Å². The predicted octanol–water partition coefficient (Wildman–Crippen LogP) is 0.735. The predicted molar refractivity (Wildman–Crippen MR) is 70.6 cm³/mol. The second-order valence-corrected chi connectivity index (χ2v) is 5.03. The molecule has 0 aliphatic carbocycles. The van der Waals surface area contributed by atoms with Crippen LogP contribution in [0.5, 0.6) is 0 Å². The van der Waals surface area contributed by atoms with Gasteiger partial charge in [-0.15, -0.1) is 0 Å². The summed E-state index contributed by atoms with van der Waals surface area (Å²) in [7, 11) is 1.97. The molecule has 0 rings (SSSR count). The largest absolute Gasteiger partial charge is 0.480 e. The zero-order chi connectivity index (χ0) is 14.3. The third-order valence-corrected chi connectivity index (χ3v) is 2.85. The molecule has 0 saturated heterocycles. The van der Waals surface area contributed by atoms with E-state index in [0.29, 0.717) is 12.6 Å². The first-order valence-corrected chi connectivity index (χ1v) is 6.23. The lowest BCUT2D eigenvalue weighted by atomic mass is 10.1. The Kier molecular flexibility index (Phi) is 7.35. The van der Waals surface area contributed by atoms with Gasteiger partial charge in [-0.1, -0.05) is 13.8 Å². The Bertz CT molecular complexity index is 280. The molecule has 106 valence electrons. The molecule has 0 radical (unpaired) electrons. The maximum absolute atomic E-state index is 11.5. The SMILES string of the molecule is CC(C)[C@@H](NC(=O)NCCN(C)C(C)C)C(=O)O. The van der Waals surface area contributed by atoms with Crippen LogP contribution in [0.2, 0.25) is 0 Å². The molecule has 0 bridgehead atoms. The smallest absolute Gasteiger partial charge is 0.326 e. The maximum Gasteiger partial charge on any atom is 0.326 e. The Balaban J connectivity index is 4.00. The number of carboxylic acids is 1. The molecule has 0 heterocycles. The highest BCUT2D eigenvalue weighted by atomic mass is 16.4. The van der Waals surface area contributed by atoms with Crippen LogP contribution in [-0.4, -0.2) is 54.2 Å². The van der Waals surface area contributed by atoms with Crippen LogP contribution >= 0.6 is 0 Å². The number of hydrogen-bond acceptors (Lipinski definition) is 3. The number of likely N-dealkylation sites (N-methyl/N-ethyl adjacent to an activating group) is 1. The maximum atomic E-state index is 11.5. The van der Waals surface area contributed by atoms with Crippen LogP contribution in [0.4, 0.5) is 4.79 Å². The van der Waals surface area contributed by atoms with E-state index >= 15 is 0 Å².